The van der Waals surface area contributed by atoms with Crippen LogP contribution < -0.4 is 5.32 Å². The van der Waals surface area contributed by atoms with E-state index in [0.29, 0.717) is 13.0 Å². The van der Waals surface area contributed by atoms with Gasteiger partial charge in [-0.05, 0) is 39.7 Å². The van der Waals surface area contributed by atoms with E-state index >= 15 is 0 Å². The molecule has 1 fully saturated rings. The molecule has 1 aliphatic rings. The zero-order valence-electron chi connectivity index (χ0n) is 11.3. The molecule has 2 N–H and O–H groups in total. The minimum Gasteiger partial charge on any atom is -0.481 e. The van der Waals surface area contributed by atoms with E-state index in [0.717, 1.165) is 25.8 Å². The van der Waals surface area contributed by atoms with E-state index < -0.39 is 5.97 Å². The number of piperidine rings is 1. The first-order valence-electron chi connectivity index (χ1n) is 6.78. The minimum atomic E-state index is -0.804. The Hall–Kier alpha value is -1.10. The second-order valence-corrected chi connectivity index (χ2v) is 5.13. The molecule has 5 heteroatoms. The van der Waals surface area contributed by atoms with E-state index in [2.05, 4.69) is 5.32 Å². The quantitative estimate of drug-likeness (QED) is 0.750. The number of hydrogen-bond donors (Lipinski definition) is 2. The van der Waals surface area contributed by atoms with Crippen molar-refractivity contribution in [2.45, 2.75) is 58.0 Å². The monoisotopic (exact) mass is 256 g/mol. The number of carbonyl (C=O) groups excluding carboxylic acids is 1. The van der Waals surface area contributed by atoms with E-state index in [4.69, 9.17) is 5.11 Å². The van der Waals surface area contributed by atoms with Crippen molar-refractivity contribution in [2.75, 3.05) is 13.1 Å². The number of aliphatic carboxylic acids is 1. The van der Waals surface area contributed by atoms with Crippen LogP contribution in [0.5, 0.6) is 0 Å². The summed E-state index contributed by atoms with van der Waals surface area (Å²) < 4.78 is 0. The Morgan fingerprint density at radius 1 is 1.39 bits per heavy atom. The predicted molar refractivity (Wildman–Crippen MR) is 69.4 cm³/mol. The first-order chi connectivity index (χ1) is 8.52. The van der Waals surface area contributed by atoms with Crippen LogP contribution in [0.2, 0.25) is 0 Å². The zero-order chi connectivity index (χ0) is 13.5. The molecule has 0 radical (unpaired) electrons. The molecule has 0 bridgehead atoms. The summed E-state index contributed by atoms with van der Waals surface area (Å²) >= 11 is 0. The Kier molecular flexibility index (Phi) is 6.12. The molecule has 1 heterocycles. The molecule has 104 valence electrons. The van der Waals surface area contributed by atoms with Crippen LogP contribution in [-0.4, -0.2) is 47.1 Å². The number of carboxylic acid groups (broad SMARTS) is 1. The fourth-order valence-electron chi connectivity index (χ4n) is 2.29. The largest absolute Gasteiger partial charge is 0.481 e. The molecule has 0 aliphatic carbocycles. The minimum absolute atomic E-state index is 0.0778. The normalized spacial score (nSPS) is 19.8. The van der Waals surface area contributed by atoms with Crippen LogP contribution in [0.1, 0.15) is 46.0 Å². The highest BCUT2D eigenvalue weighted by atomic mass is 16.4. The average molecular weight is 256 g/mol. The Bertz CT molecular complexity index is 286. The zero-order valence-corrected chi connectivity index (χ0v) is 11.3. The average Bonchev–Trinajstić information content (AvgIpc) is 2.34. The number of nitrogens with zero attached hydrogens (tertiary/aromatic N) is 1. The van der Waals surface area contributed by atoms with Crippen molar-refractivity contribution < 1.29 is 14.7 Å². The molecule has 0 saturated carbocycles. The van der Waals surface area contributed by atoms with Gasteiger partial charge in [-0.3, -0.25) is 9.59 Å². The number of amides is 1. The molecular formula is C13H24N2O3. The van der Waals surface area contributed by atoms with Gasteiger partial charge in [0.15, 0.2) is 0 Å². The predicted octanol–water partition coefficient (Wildman–Crippen LogP) is 1.23. The molecule has 1 atom stereocenters. The molecule has 0 aromatic rings. The van der Waals surface area contributed by atoms with Crippen molar-refractivity contribution in [2.24, 2.45) is 0 Å². The smallest absolute Gasteiger partial charge is 0.303 e. The lowest BCUT2D eigenvalue weighted by Gasteiger charge is -2.32. The van der Waals surface area contributed by atoms with E-state index in [1.165, 1.54) is 0 Å². The van der Waals surface area contributed by atoms with Gasteiger partial charge in [0.1, 0.15) is 0 Å². The highest BCUT2D eigenvalue weighted by molar-refractivity contribution is 5.82. The molecule has 5 nitrogen and oxygen atoms in total. The second-order valence-electron chi connectivity index (χ2n) is 5.13. The van der Waals surface area contributed by atoms with Crippen LogP contribution in [0.3, 0.4) is 0 Å². The Morgan fingerprint density at radius 2 is 2.11 bits per heavy atom. The molecule has 0 aromatic heterocycles. The van der Waals surface area contributed by atoms with E-state index in [1.807, 2.05) is 13.8 Å². The molecule has 1 rings (SSSR count). The number of carbonyl (C=O) groups is 2. The standard InChI is InChI=1S/C13H24N2O3/c1-10(2)15(9-5-7-12(16)17)13(18)11-6-3-4-8-14-11/h10-11,14H,3-9H2,1-2H3,(H,16,17)/t11-/m1/s1. The third-order valence-electron chi connectivity index (χ3n) is 3.30. The number of rotatable bonds is 6. The Morgan fingerprint density at radius 3 is 2.61 bits per heavy atom. The summed E-state index contributed by atoms with van der Waals surface area (Å²) in [6.07, 6.45) is 3.75. The molecule has 0 unspecified atom stereocenters. The molecule has 1 aliphatic heterocycles. The summed E-state index contributed by atoms with van der Waals surface area (Å²) in [6.45, 7) is 5.38. The van der Waals surface area contributed by atoms with Gasteiger partial charge >= 0.3 is 5.97 Å². The van der Waals surface area contributed by atoms with Gasteiger partial charge in [0.2, 0.25) is 5.91 Å². The summed E-state index contributed by atoms with van der Waals surface area (Å²) in [6, 6.07) is 0.0426. The van der Waals surface area contributed by atoms with Crippen LogP contribution in [-0.2, 0) is 9.59 Å². The summed E-state index contributed by atoms with van der Waals surface area (Å²) in [4.78, 5) is 24.6. The van der Waals surface area contributed by atoms with Crippen LogP contribution in [0, 0.1) is 0 Å². The van der Waals surface area contributed by atoms with Gasteiger partial charge in [0.25, 0.3) is 0 Å². The summed E-state index contributed by atoms with van der Waals surface area (Å²) in [5.41, 5.74) is 0. The van der Waals surface area contributed by atoms with Crippen molar-refractivity contribution in [1.29, 1.82) is 0 Å². The second kappa shape index (κ2) is 7.36. The highest BCUT2D eigenvalue weighted by Gasteiger charge is 2.26. The lowest BCUT2D eigenvalue weighted by atomic mass is 10.0. The van der Waals surface area contributed by atoms with Gasteiger partial charge in [-0.2, -0.15) is 0 Å². The fourth-order valence-corrected chi connectivity index (χ4v) is 2.29. The van der Waals surface area contributed by atoms with Crippen LogP contribution in [0.4, 0.5) is 0 Å². The van der Waals surface area contributed by atoms with Gasteiger partial charge < -0.3 is 15.3 Å². The van der Waals surface area contributed by atoms with Crippen LogP contribution in [0.15, 0.2) is 0 Å². The maximum absolute atomic E-state index is 12.3. The Balaban J connectivity index is 2.48. The molecule has 0 aromatic carbocycles. The lowest BCUT2D eigenvalue weighted by Crippen LogP contribution is -2.51. The Labute approximate surface area is 109 Å². The molecule has 1 amide bonds. The summed E-state index contributed by atoms with van der Waals surface area (Å²) in [7, 11) is 0. The molecule has 0 spiro atoms. The van der Waals surface area contributed by atoms with Gasteiger partial charge in [0, 0.05) is 19.0 Å². The molecular weight excluding hydrogens is 232 g/mol. The van der Waals surface area contributed by atoms with Crippen molar-refractivity contribution in [3.05, 3.63) is 0 Å². The lowest BCUT2D eigenvalue weighted by molar-refractivity contribution is -0.139. The van der Waals surface area contributed by atoms with Crippen molar-refractivity contribution in [1.82, 2.24) is 10.2 Å². The third kappa shape index (κ3) is 4.64. The maximum atomic E-state index is 12.3. The van der Waals surface area contributed by atoms with Crippen LogP contribution in [0.25, 0.3) is 0 Å². The van der Waals surface area contributed by atoms with Crippen molar-refractivity contribution in [3.8, 4) is 0 Å². The first kappa shape index (κ1) is 15.0. The van der Waals surface area contributed by atoms with Gasteiger partial charge in [-0.15, -0.1) is 0 Å². The van der Waals surface area contributed by atoms with Crippen LogP contribution >= 0.6 is 0 Å². The van der Waals surface area contributed by atoms with Crippen molar-refractivity contribution in [3.63, 3.8) is 0 Å². The summed E-state index contributed by atoms with van der Waals surface area (Å²) in [5.74, 6) is -0.683. The first-order valence-corrected chi connectivity index (χ1v) is 6.78. The molecule has 18 heavy (non-hydrogen) atoms. The van der Waals surface area contributed by atoms with Gasteiger partial charge in [-0.25, -0.2) is 0 Å². The van der Waals surface area contributed by atoms with Crippen molar-refractivity contribution >= 4 is 11.9 Å². The highest BCUT2D eigenvalue weighted by Crippen LogP contribution is 2.12. The SMILES string of the molecule is CC(C)N(CCCC(=O)O)C(=O)[C@H]1CCCCN1. The topological polar surface area (TPSA) is 69.6 Å². The number of nitrogens with one attached hydrogen (secondary N) is 1. The third-order valence-corrected chi connectivity index (χ3v) is 3.30. The number of carboxylic acids is 1. The van der Waals surface area contributed by atoms with E-state index in [9.17, 15) is 9.59 Å². The molecule has 1 saturated heterocycles. The van der Waals surface area contributed by atoms with E-state index in [-0.39, 0.29) is 24.4 Å². The number of hydrogen-bond acceptors (Lipinski definition) is 3. The fraction of sp³-hybridized carbons (Fsp3) is 0.846. The summed E-state index contributed by atoms with van der Waals surface area (Å²) in [5, 5.41) is 11.9. The van der Waals surface area contributed by atoms with E-state index in [1.54, 1.807) is 4.90 Å². The van der Waals surface area contributed by atoms with Gasteiger partial charge in [0.05, 0.1) is 6.04 Å². The van der Waals surface area contributed by atoms with Gasteiger partial charge in [-0.1, -0.05) is 6.42 Å². The maximum Gasteiger partial charge on any atom is 0.303 e.